The van der Waals surface area contributed by atoms with Crippen molar-refractivity contribution in [2.75, 3.05) is 0 Å². The van der Waals surface area contributed by atoms with Crippen LogP contribution < -0.4 is 11.3 Å². The fourth-order valence-electron chi connectivity index (χ4n) is 2.09. The largest absolute Gasteiger partial charge is 0.416 e. The highest BCUT2D eigenvalue weighted by atomic mass is 35.5. The lowest BCUT2D eigenvalue weighted by Crippen LogP contribution is -2.31. The van der Waals surface area contributed by atoms with Crippen LogP contribution in [0.3, 0.4) is 0 Å². The Kier molecular flexibility index (Phi) is 4.51. The first kappa shape index (κ1) is 15.8. The summed E-state index contributed by atoms with van der Waals surface area (Å²) in [5.41, 5.74) is 1.11. The number of benzene rings is 2. The lowest BCUT2D eigenvalue weighted by Gasteiger charge is -2.22. The van der Waals surface area contributed by atoms with Crippen LogP contribution in [0.15, 0.2) is 42.5 Å². The van der Waals surface area contributed by atoms with Gasteiger partial charge in [0.2, 0.25) is 0 Å². The van der Waals surface area contributed by atoms with Gasteiger partial charge in [0.1, 0.15) is 5.82 Å². The molecule has 0 amide bonds. The van der Waals surface area contributed by atoms with Crippen LogP contribution in [0.5, 0.6) is 0 Å². The Morgan fingerprint density at radius 3 is 2.33 bits per heavy atom. The molecule has 3 N–H and O–H groups in total. The van der Waals surface area contributed by atoms with Crippen LogP contribution in [0.1, 0.15) is 22.7 Å². The molecule has 21 heavy (non-hydrogen) atoms. The predicted molar refractivity (Wildman–Crippen MR) is 72.0 cm³/mol. The van der Waals surface area contributed by atoms with Crippen molar-refractivity contribution in [2.45, 2.75) is 12.2 Å². The molecule has 1 unspecified atom stereocenters. The number of alkyl halides is 3. The molecule has 0 fully saturated rings. The third-order valence-electron chi connectivity index (χ3n) is 3.01. The van der Waals surface area contributed by atoms with Crippen LogP contribution in [0.25, 0.3) is 0 Å². The molecule has 0 spiro atoms. The fraction of sp³-hybridized carbons (Fsp3) is 0.143. The molecule has 2 aromatic carbocycles. The Balaban J connectivity index is 2.60. The number of hydrazine groups is 1. The summed E-state index contributed by atoms with van der Waals surface area (Å²) in [4.78, 5) is 0. The molecule has 0 saturated carbocycles. The van der Waals surface area contributed by atoms with Crippen LogP contribution in [0, 0.1) is 5.82 Å². The quantitative estimate of drug-likeness (QED) is 0.509. The number of hydrogen-bond donors (Lipinski definition) is 2. The average Bonchev–Trinajstić information content (AvgIpc) is 2.43. The Labute approximate surface area is 123 Å². The van der Waals surface area contributed by atoms with Crippen molar-refractivity contribution >= 4 is 11.6 Å². The van der Waals surface area contributed by atoms with E-state index in [4.69, 9.17) is 17.4 Å². The predicted octanol–water partition coefficient (Wildman–Crippen LogP) is 4.05. The second-order valence-electron chi connectivity index (χ2n) is 4.35. The maximum absolute atomic E-state index is 13.9. The second-order valence-corrected chi connectivity index (χ2v) is 4.79. The van der Waals surface area contributed by atoms with Crippen molar-refractivity contribution in [1.29, 1.82) is 0 Å². The molecule has 112 valence electrons. The molecule has 0 aliphatic rings. The van der Waals surface area contributed by atoms with Crippen LogP contribution in [0.4, 0.5) is 17.6 Å². The van der Waals surface area contributed by atoms with E-state index in [1.54, 1.807) is 0 Å². The minimum atomic E-state index is -4.57. The maximum atomic E-state index is 13.9. The second kappa shape index (κ2) is 6.01. The van der Waals surface area contributed by atoms with Gasteiger partial charge < -0.3 is 0 Å². The van der Waals surface area contributed by atoms with Gasteiger partial charge >= 0.3 is 6.18 Å². The first-order valence-electron chi connectivity index (χ1n) is 5.91. The van der Waals surface area contributed by atoms with Crippen molar-refractivity contribution in [3.63, 3.8) is 0 Å². The zero-order valence-electron chi connectivity index (χ0n) is 10.6. The monoisotopic (exact) mass is 318 g/mol. The summed E-state index contributed by atoms with van der Waals surface area (Å²) in [6, 6.07) is 7.32. The van der Waals surface area contributed by atoms with E-state index in [1.807, 2.05) is 0 Å². The molecular formula is C14H11ClF4N2. The molecule has 1 atom stereocenters. The van der Waals surface area contributed by atoms with Crippen molar-refractivity contribution in [3.05, 3.63) is 70.0 Å². The van der Waals surface area contributed by atoms with Crippen molar-refractivity contribution in [2.24, 2.45) is 5.84 Å². The van der Waals surface area contributed by atoms with Crippen molar-refractivity contribution in [3.8, 4) is 0 Å². The van der Waals surface area contributed by atoms with E-state index < -0.39 is 23.6 Å². The van der Waals surface area contributed by atoms with Gasteiger partial charge in [0.25, 0.3) is 0 Å². The molecule has 0 saturated heterocycles. The summed E-state index contributed by atoms with van der Waals surface area (Å²) in [6.07, 6.45) is -4.57. The molecule has 0 heterocycles. The maximum Gasteiger partial charge on any atom is 0.416 e. The molecule has 0 radical (unpaired) electrons. The van der Waals surface area contributed by atoms with Gasteiger partial charge in [-0.2, -0.15) is 13.2 Å². The van der Waals surface area contributed by atoms with Gasteiger partial charge in [0.15, 0.2) is 0 Å². The molecule has 0 bridgehead atoms. The molecule has 0 aromatic heterocycles. The highest BCUT2D eigenvalue weighted by Gasteiger charge is 2.35. The Morgan fingerprint density at radius 1 is 1.05 bits per heavy atom. The molecule has 0 aliphatic heterocycles. The summed E-state index contributed by atoms with van der Waals surface area (Å²) in [6.45, 7) is 0. The highest BCUT2D eigenvalue weighted by Crippen LogP contribution is 2.37. The van der Waals surface area contributed by atoms with E-state index in [-0.39, 0.29) is 16.1 Å². The number of halogens is 5. The van der Waals surface area contributed by atoms with E-state index in [0.717, 1.165) is 12.1 Å². The van der Waals surface area contributed by atoms with E-state index in [1.165, 1.54) is 30.3 Å². The Bertz CT molecular complexity index is 643. The molecule has 0 aliphatic carbocycles. The zero-order chi connectivity index (χ0) is 15.6. The normalized spacial score (nSPS) is 13.2. The molecule has 7 heteroatoms. The first-order chi connectivity index (χ1) is 9.84. The molecule has 2 rings (SSSR count). The van der Waals surface area contributed by atoms with Gasteiger partial charge in [-0.1, -0.05) is 29.8 Å². The van der Waals surface area contributed by atoms with Gasteiger partial charge in [-0.3, -0.25) is 5.84 Å². The summed E-state index contributed by atoms with van der Waals surface area (Å²) in [7, 11) is 0. The Morgan fingerprint density at radius 2 is 1.71 bits per heavy atom. The SMILES string of the molecule is NNC(c1cc(Cl)ccc1F)c1ccccc1C(F)(F)F. The van der Waals surface area contributed by atoms with Gasteiger partial charge in [0, 0.05) is 10.6 Å². The molecular weight excluding hydrogens is 308 g/mol. The first-order valence-corrected chi connectivity index (χ1v) is 6.29. The third-order valence-corrected chi connectivity index (χ3v) is 3.25. The zero-order valence-corrected chi connectivity index (χ0v) is 11.3. The number of hydrogen-bond acceptors (Lipinski definition) is 2. The third kappa shape index (κ3) is 3.34. The average molecular weight is 319 g/mol. The van der Waals surface area contributed by atoms with Gasteiger partial charge in [0.05, 0.1) is 11.6 Å². The van der Waals surface area contributed by atoms with Crippen LogP contribution in [0.2, 0.25) is 5.02 Å². The van der Waals surface area contributed by atoms with E-state index in [0.29, 0.717) is 0 Å². The van der Waals surface area contributed by atoms with Gasteiger partial charge in [-0.25, -0.2) is 9.82 Å². The van der Waals surface area contributed by atoms with Crippen LogP contribution >= 0.6 is 11.6 Å². The topological polar surface area (TPSA) is 38.0 Å². The highest BCUT2D eigenvalue weighted by molar-refractivity contribution is 6.30. The number of nitrogens with two attached hydrogens (primary N) is 1. The number of rotatable bonds is 3. The summed E-state index contributed by atoms with van der Waals surface area (Å²) < 4.78 is 53.0. The van der Waals surface area contributed by atoms with Crippen LogP contribution in [-0.4, -0.2) is 0 Å². The Hall–Kier alpha value is -1.63. The van der Waals surface area contributed by atoms with E-state index >= 15 is 0 Å². The van der Waals surface area contributed by atoms with E-state index in [9.17, 15) is 17.6 Å². The molecule has 2 nitrogen and oxygen atoms in total. The summed E-state index contributed by atoms with van der Waals surface area (Å²) in [5, 5.41) is 0.205. The van der Waals surface area contributed by atoms with E-state index in [2.05, 4.69) is 5.43 Å². The lowest BCUT2D eigenvalue weighted by atomic mass is 9.94. The van der Waals surface area contributed by atoms with Crippen molar-refractivity contribution in [1.82, 2.24) is 5.43 Å². The van der Waals surface area contributed by atoms with Crippen LogP contribution in [-0.2, 0) is 6.18 Å². The minimum absolute atomic E-state index is 0.0540. The van der Waals surface area contributed by atoms with Crippen molar-refractivity contribution < 1.29 is 17.6 Å². The summed E-state index contributed by atoms with van der Waals surface area (Å²) >= 11 is 5.78. The van der Waals surface area contributed by atoms with Gasteiger partial charge in [-0.15, -0.1) is 0 Å². The smallest absolute Gasteiger partial charge is 0.271 e. The van der Waals surface area contributed by atoms with Gasteiger partial charge in [-0.05, 0) is 29.8 Å². The summed E-state index contributed by atoms with van der Waals surface area (Å²) in [5.74, 6) is 4.65. The fourth-order valence-corrected chi connectivity index (χ4v) is 2.27. The standard InChI is InChI=1S/C14H11ClF4N2/c15-8-5-6-12(16)10(7-8)13(21-20)9-3-1-2-4-11(9)14(17,18)19/h1-7,13,21H,20H2. The lowest BCUT2D eigenvalue weighted by molar-refractivity contribution is -0.138. The minimum Gasteiger partial charge on any atom is -0.271 e. The molecule has 2 aromatic rings. The number of nitrogens with one attached hydrogen (secondary N) is 1.